The minimum atomic E-state index is -0.218. The zero-order valence-corrected chi connectivity index (χ0v) is 18.8. The number of likely N-dealkylation sites (tertiary alicyclic amines) is 1. The number of aromatic nitrogens is 1. The molecular formula is C24H27ClN4O3. The van der Waals surface area contributed by atoms with Crippen molar-refractivity contribution in [2.45, 2.75) is 26.3 Å². The third-order valence-electron chi connectivity index (χ3n) is 6.15. The first-order valence-electron chi connectivity index (χ1n) is 10.9. The van der Waals surface area contributed by atoms with Crippen LogP contribution >= 0.6 is 11.6 Å². The Labute approximate surface area is 192 Å². The maximum atomic E-state index is 12.5. The van der Waals surface area contributed by atoms with E-state index in [1.165, 1.54) is 0 Å². The van der Waals surface area contributed by atoms with Crippen molar-refractivity contribution in [2.75, 3.05) is 19.6 Å². The van der Waals surface area contributed by atoms with Gasteiger partial charge in [0.15, 0.2) is 11.3 Å². The Bertz CT molecular complexity index is 1060. The van der Waals surface area contributed by atoms with E-state index in [1.807, 2.05) is 35.2 Å². The van der Waals surface area contributed by atoms with E-state index >= 15 is 0 Å². The second-order valence-corrected chi connectivity index (χ2v) is 8.69. The molecular weight excluding hydrogens is 428 g/mol. The average Bonchev–Trinajstić information content (AvgIpc) is 3.26. The number of amides is 3. The normalized spacial score (nSPS) is 15.5. The lowest BCUT2D eigenvalue weighted by atomic mass is 9.85. The largest absolute Gasteiger partial charge is 0.449 e. The number of pyridine rings is 1. The standard InChI is InChI=1S/C24H27ClN4O3/c1-16(13-27-23(30)21-12-18-6-9-26-15-22(18)32-21)17-7-10-29(11-8-17)24(31)28-14-19-4-2-3-5-20(19)25/h2-6,9,12,15-17H,7-8,10-11,13-14H2,1H3,(H,27,30)(H,28,31). The van der Waals surface area contributed by atoms with Crippen LogP contribution in [0.4, 0.5) is 4.79 Å². The Morgan fingerprint density at radius 3 is 2.75 bits per heavy atom. The van der Waals surface area contributed by atoms with Gasteiger partial charge >= 0.3 is 6.03 Å². The van der Waals surface area contributed by atoms with Gasteiger partial charge in [-0.15, -0.1) is 0 Å². The maximum Gasteiger partial charge on any atom is 0.317 e. The molecule has 0 aliphatic carbocycles. The van der Waals surface area contributed by atoms with Crippen LogP contribution in [-0.2, 0) is 6.54 Å². The van der Waals surface area contributed by atoms with Gasteiger partial charge in [-0.1, -0.05) is 36.7 Å². The van der Waals surface area contributed by atoms with Crippen molar-refractivity contribution in [2.24, 2.45) is 11.8 Å². The first-order valence-corrected chi connectivity index (χ1v) is 11.3. The number of nitrogens with zero attached hydrogens (tertiary/aromatic N) is 2. The van der Waals surface area contributed by atoms with Crippen molar-refractivity contribution in [3.8, 4) is 0 Å². The number of fused-ring (bicyclic) bond motifs is 1. The molecule has 3 amide bonds. The van der Waals surface area contributed by atoms with E-state index in [2.05, 4.69) is 22.5 Å². The molecule has 1 fully saturated rings. The molecule has 1 atom stereocenters. The Hall–Kier alpha value is -3.06. The van der Waals surface area contributed by atoms with E-state index in [4.69, 9.17) is 16.0 Å². The minimum Gasteiger partial charge on any atom is -0.449 e. The van der Waals surface area contributed by atoms with E-state index in [9.17, 15) is 9.59 Å². The number of carbonyl (C=O) groups is 2. The summed E-state index contributed by atoms with van der Waals surface area (Å²) in [5.41, 5.74) is 1.51. The van der Waals surface area contributed by atoms with Crippen molar-refractivity contribution in [3.05, 3.63) is 65.1 Å². The third kappa shape index (κ3) is 5.22. The molecule has 168 valence electrons. The molecule has 32 heavy (non-hydrogen) atoms. The zero-order chi connectivity index (χ0) is 22.5. The molecule has 2 N–H and O–H groups in total. The monoisotopic (exact) mass is 454 g/mol. The molecule has 1 unspecified atom stereocenters. The van der Waals surface area contributed by atoms with Crippen molar-refractivity contribution in [1.82, 2.24) is 20.5 Å². The molecule has 7 nitrogen and oxygen atoms in total. The van der Waals surface area contributed by atoms with Gasteiger partial charge in [0.1, 0.15) is 0 Å². The summed E-state index contributed by atoms with van der Waals surface area (Å²) >= 11 is 6.16. The number of halogens is 1. The van der Waals surface area contributed by atoms with Crippen LogP contribution in [0, 0.1) is 11.8 Å². The topological polar surface area (TPSA) is 87.5 Å². The highest BCUT2D eigenvalue weighted by Crippen LogP contribution is 2.25. The predicted octanol–water partition coefficient (Wildman–Crippen LogP) is 4.47. The summed E-state index contributed by atoms with van der Waals surface area (Å²) in [6, 6.07) is 11.0. The smallest absolute Gasteiger partial charge is 0.317 e. The Morgan fingerprint density at radius 1 is 1.22 bits per heavy atom. The molecule has 0 bridgehead atoms. The summed E-state index contributed by atoms with van der Waals surface area (Å²) in [7, 11) is 0. The van der Waals surface area contributed by atoms with E-state index in [0.29, 0.717) is 54.4 Å². The molecule has 3 aromatic rings. The van der Waals surface area contributed by atoms with E-state index in [1.54, 1.807) is 18.5 Å². The Balaban J connectivity index is 1.21. The van der Waals surface area contributed by atoms with Crippen molar-refractivity contribution in [3.63, 3.8) is 0 Å². The van der Waals surface area contributed by atoms with Crippen molar-refractivity contribution >= 4 is 34.5 Å². The van der Waals surface area contributed by atoms with Gasteiger partial charge in [-0.2, -0.15) is 0 Å². The molecule has 1 aliphatic rings. The van der Waals surface area contributed by atoms with Gasteiger partial charge in [-0.05, 0) is 48.4 Å². The van der Waals surface area contributed by atoms with E-state index < -0.39 is 0 Å². The van der Waals surface area contributed by atoms with Crippen LogP contribution in [0.15, 0.2) is 53.2 Å². The number of urea groups is 1. The average molecular weight is 455 g/mol. The predicted molar refractivity (Wildman–Crippen MR) is 123 cm³/mol. The molecule has 1 aliphatic heterocycles. The molecule has 2 aromatic heterocycles. The summed E-state index contributed by atoms with van der Waals surface area (Å²) < 4.78 is 5.58. The van der Waals surface area contributed by atoms with E-state index in [-0.39, 0.29) is 11.9 Å². The van der Waals surface area contributed by atoms with Crippen LogP contribution in [0.1, 0.15) is 35.9 Å². The molecule has 0 radical (unpaired) electrons. The quantitative estimate of drug-likeness (QED) is 0.575. The fourth-order valence-electron chi connectivity index (χ4n) is 4.10. The van der Waals surface area contributed by atoms with Crippen LogP contribution in [0.3, 0.4) is 0 Å². The first kappa shape index (κ1) is 22.1. The molecule has 1 saturated heterocycles. The molecule has 8 heteroatoms. The molecule has 3 heterocycles. The highest BCUT2D eigenvalue weighted by Gasteiger charge is 2.27. The summed E-state index contributed by atoms with van der Waals surface area (Å²) in [6.45, 7) is 4.53. The Morgan fingerprint density at radius 2 is 2.00 bits per heavy atom. The molecule has 0 spiro atoms. The van der Waals surface area contributed by atoms with Gasteiger partial charge in [0, 0.05) is 42.8 Å². The van der Waals surface area contributed by atoms with Gasteiger partial charge in [-0.3, -0.25) is 9.78 Å². The van der Waals surface area contributed by atoms with Crippen LogP contribution in [0.25, 0.3) is 11.0 Å². The highest BCUT2D eigenvalue weighted by molar-refractivity contribution is 6.31. The first-order chi connectivity index (χ1) is 15.5. The van der Waals surface area contributed by atoms with Crippen LogP contribution in [0.2, 0.25) is 5.02 Å². The van der Waals surface area contributed by atoms with Gasteiger partial charge in [0.25, 0.3) is 5.91 Å². The second-order valence-electron chi connectivity index (χ2n) is 8.29. The molecule has 0 saturated carbocycles. The number of hydrogen-bond donors (Lipinski definition) is 2. The van der Waals surface area contributed by atoms with Crippen molar-refractivity contribution in [1.29, 1.82) is 0 Å². The second kappa shape index (κ2) is 10.0. The summed E-state index contributed by atoms with van der Waals surface area (Å²) in [6.07, 6.45) is 5.10. The summed E-state index contributed by atoms with van der Waals surface area (Å²) in [5.74, 6) is 0.829. The number of furan rings is 1. The third-order valence-corrected chi connectivity index (χ3v) is 6.52. The van der Waals surface area contributed by atoms with Gasteiger partial charge in [0.05, 0.1) is 6.20 Å². The van der Waals surface area contributed by atoms with Gasteiger partial charge < -0.3 is 20.0 Å². The molecule has 4 rings (SSSR count). The number of rotatable bonds is 6. The van der Waals surface area contributed by atoms with Crippen LogP contribution in [0.5, 0.6) is 0 Å². The minimum absolute atomic E-state index is 0.0660. The number of benzene rings is 1. The lowest BCUT2D eigenvalue weighted by Gasteiger charge is -2.35. The Kier molecular flexibility index (Phi) is 6.95. The van der Waals surface area contributed by atoms with Crippen LogP contribution < -0.4 is 10.6 Å². The maximum absolute atomic E-state index is 12.5. The number of hydrogen-bond acceptors (Lipinski definition) is 4. The molecule has 1 aromatic carbocycles. The van der Waals surface area contributed by atoms with E-state index in [0.717, 1.165) is 23.8 Å². The lowest BCUT2D eigenvalue weighted by Crippen LogP contribution is -2.45. The highest BCUT2D eigenvalue weighted by atomic mass is 35.5. The summed E-state index contributed by atoms with van der Waals surface area (Å²) in [5, 5.41) is 7.44. The summed E-state index contributed by atoms with van der Waals surface area (Å²) in [4.78, 5) is 30.8. The number of piperidine rings is 1. The van der Waals surface area contributed by atoms with Crippen LogP contribution in [-0.4, -0.2) is 41.5 Å². The fourth-order valence-corrected chi connectivity index (χ4v) is 4.30. The SMILES string of the molecule is CC(CNC(=O)c1cc2ccncc2o1)C1CCN(C(=O)NCc2ccccc2Cl)CC1. The van der Waals surface area contributed by atoms with Gasteiger partial charge in [-0.25, -0.2) is 4.79 Å². The fraction of sp³-hybridized carbons (Fsp3) is 0.375. The number of carbonyl (C=O) groups excluding carboxylic acids is 2. The van der Waals surface area contributed by atoms with Gasteiger partial charge in [0.2, 0.25) is 0 Å². The lowest BCUT2D eigenvalue weighted by molar-refractivity contribution is 0.0910. The van der Waals surface area contributed by atoms with Crippen molar-refractivity contribution < 1.29 is 14.0 Å². The zero-order valence-electron chi connectivity index (χ0n) is 18.0. The number of nitrogens with one attached hydrogen (secondary N) is 2.